The highest BCUT2D eigenvalue weighted by molar-refractivity contribution is 5.97. The van der Waals surface area contributed by atoms with E-state index in [1.165, 1.54) is 11.0 Å². The number of halogens is 3. The zero-order valence-corrected chi connectivity index (χ0v) is 31.3. The topological polar surface area (TPSA) is 158 Å². The van der Waals surface area contributed by atoms with E-state index in [2.05, 4.69) is 45.5 Å². The predicted molar refractivity (Wildman–Crippen MR) is 190 cm³/mol. The minimum absolute atomic E-state index is 0.0354. The van der Waals surface area contributed by atoms with Gasteiger partial charge in [0.15, 0.2) is 0 Å². The lowest BCUT2D eigenvalue weighted by atomic mass is 9.83. The summed E-state index contributed by atoms with van der Waals surface area (Å²) in [4.78, 5) is 68.7. The van der Waals surface area contributed by atoms with Crippen LogP contribution in [-0.4, -0.2) is 91.3 Å². The Morgan fingerprint density at radius 1 is 1.02 bits per heavy atom. The van der Waals surface area contributed by atoms with Gasteiger partial charge in [-0.25, -0.2) is 9.59 Å². The molecule has 52 heavy (non-hydrogen) atoms. The van der Waals surface area contributed by atoms with Gasteiger partial charge in [-0.1, -0.05) is 66.5 Å². The summed E-state index contributed by atoms with van der Waals surface area (Å²) in [5.41, 5.74) is 1.31. The van der Waals surface area contributed by atoms with Gasteiger partial charge < -0.3 is 36.2 Å². The van der Waals surface area contributed by atoms with Gasteiger partial charge >= 0.3 is 18.3 Å². The highest BCUT2D eigenvalue weighted by Crippen LogP contribution is 2.65. The Morgan fingerprint density at radius 3 is 2.23 bits per heavy atom. The second-order valence-corrected chi connectivity index (χ2v) is 15.7. The molecule has 15 heteroatoms. The molecule has 0 spiro atoms. The SMILES string of the molecule is C=C=C(C(=O)NCC=C)C(CCC(F)(F)F)NC(=O)[C@@H]1[C@@H]2C(CN1C(=O)[C@@H](NC(=O)NC(COC(=O)NCC)C(C)(C)C)C1CCCCC1)C2(C)C. The largest absolute Gasteiger partial charge is 0.447 e. The number of fused-ring (bicyclic) bond motifs is 1. The van der Waals surface area contributed by atoms with Crippen molar-refractivity contribution in [2.45, 2.75) is 117 Å². The molecule has 6 atom stereocenters. The molecule has 0 bridgehead atoms. The Labute approximate surface area is 305 Å². The maximum Gasteiger partial charge on any atom is 0.407 e. The van der Waals surface area contributed by atoms with Crippen molar-refractivity contribution in [3.05, 3.63) is 30.5 Å². The number of carbonyl (C=O) groups is 5. The van der Waals surface area contributed by atoms with Crippen molar-refractivity contribution in [1.29, 1.82) is 0 Å². The average molecular weight is 739 g/mol. The van der Waals surface area contributed by atoms with E-state index in [0.717, 1.165) is 19.3 Å². The standard InChI is InChI=1S/C37H57F3N6O6/c1-9-19-42-30(47)23(10-2)25(17-18-37(38,39)40)43-31(48)29-27-24(36(27,7)8)20-46(29)32(49)28(22-15-13-12-14-16-22)45-33(50)44-26(35(4,5)6)21-52-34(51)41-11-3/h9,22,24-29H,1-2,11-21H2,3-8H3,(H,41,51)(H,42,47)(H,43,48)(H2,44,45,50)/t24?,25?,26?,27-,28-,29-/m0/s1. The minimum atomic E-state index is -4.56. The Morgan fingerprint density at radius 2 is 1.67 bits per heavy atom. The highest BCUT2D eigenvalue weighted by atomic mass is 19.4. The van der Waals surface area contributed by atoms with Crippen LogP contribution in [0.2, 0.25) is 0 Å². The van der Waals surface area contributed by atoms with Gasteiger partial charge in [0.25, 0.3) is 5.91 Å². The maximum absolute atomic E-state index is 14.6. The summed E-state index contributed by atoms with van der Waals surface area (Å²) in [5, 5.41) is 13.5. The van der Waals surface area contributed by atoms with Gasteiger partial charge in [-0.05, 0) is 54.8 Å². The van der Waals surface area contributed by atoms with Crippen molar-refractivity contribution in [3.63, 3.8) is 0 Å². The zero-order chi connectivity index (χ0) is 39.0. The number of carbonyl (C=O) groups excluding carboxylic acids is 5. The Hall–Kier alpha value is -4.00. The summed E-state index contributed by atoms with van der Waals surface area (Å²) < 4.78 is 45.5. The average Bonchev–Trinajstić information content (AvgIpc) is 3.37. The van der Waals surface area contributed by atoms with E-state index in [4.69, 9.17) is 4.74 Å². The molecule has 2 aliphatic carbocycles. The molecule has 1 heterocycles. The van der Waals surface area contributed by atoms with E-state index < -0.39 is 78.4 Å². The molecule has 0 radical (unpaired) electrons. The smallest absolute Gasteiger partial charge is 0.407 e. The molecule has 3 aliphatic rings. The molecule has 292 valence electrons. The number of rotatable bonds is 15. The molecule has 1 aliphatic heterocycles. The summed E-state index contributed by atoms with van der Waals surface area (Å²) >= 11 is 0. The van der Waals surface area contributed by atoms with Crippen molar-refractivity contribution in [2.75, 3.05) is 26.2 Å². The number of nitrogens with one attached hydrogen (secondary N) is 5. The molecule has 0 aromatic rings. The molecule has 1 saturated heterocycles. The normalized spacial score (nSPS) is 22.7. The van der Waals surface area contributed by atoms with Crippen LogP contribution >= 0.6 is 0 Å². The van der Waals surface area contributed by atoms with Gasteiger partial charge in [0.1, 0.15) is 18.7 Å². The van der Waals surface area contributed by atoms with Crippen LogP contribution in [0.1, 0.15) is 86.5 Å². The van der Waals surface area contributed by atoms with Crippen molar-refractivity contribution < 1.29 is 41.9 Å². The van der Waals surface area contributed by atoms with E-state index in [1.807, 2.05) is 34.6 Å². The Kier molecular flexibility index (Phi) is 14.4. The van der Waals surface area contributed by atoms with Gasteiger partial charge in [-0.3, -0.25) is 14.4 Å². The highest BCUT2D eigenvalue weighted by Gasteiger charge is 2.69. The van der Waals surface area contributed by atoms with Crippen LogP contribution in [0.4, 0.5) is 22.8 Å². The van der Waals surface area contributed by atoms with Crippen LogP contribution in [0.15, 0.2) is 30.5 Å². The number of urea groups is 1. The predicted octanol–water partition coefficient (Wildman–Crippen LogP) is 4.72. The first-order chi connectivity index (χ1) is 24.3. The van der Waals surface area contributed by atoms with E-state index in [9.17, 15) is 37.1 Å². The van der Waals surface area contributed by atoms with Gasteiger partial charge in [-0.2, -0.15) is 13.2 Å². The fourth-order valence-electron chi connectivity index (χ4n) is 7.52. The van der Waals surface area contributed by atoms with Gasteiger partial charge in [0.2, 0.25) is 11.8 Å². The summed E-state index contributed by atoms with van der Waals surface area (Å²) in [7, 11) is 0. The molecule has 2 saturated carbocycles. The number of alkyl halides is 3. The van der Waals surface area contributed by atoms with Gasteiger partial charge in [0.05, 0.1) is 17.7 Å². The fraction of sp³-hybridized carbons (Fsp3) is 0.730. The van der Waals surface area contributed by atoms with Crippen molar-refractivity contribution in [2.24, 2.45) is 28.6 Å². The number of nitrogens with zero attached hydrogens (tertiary/aromatic N) is 1. The fourth-order valence-corrected chi connectivity index (χ4v) is 7.52. The van der Waals surface area contributed by atoms with Crippen molar-refractivity contribution >= 4 is 29.8 Å². The Bertz CT molecular complexity index is 1380. The molecule has 5 N–H and O–H groups in total. The van der Waals surface area contributed by atoms with Crippen LogP contribution in [-0.2, 0) is 19.1 Å². The lowest BCUT2D eigenvalue weighted by Crippen LogP contribution is -2.61. The number of hydrogen-bond donors (Lipinski definition) is 5. The minimum Gasteiger partial charge on any atom is -0.447 e. The number of likely N-dealkylation sites (tertiary alicyclic amines) is 1. The Balaban J connectivity index is 1.89. The van der Waals surface area contributed by atoms with Crippen LogP contribution in [0.25, 0.3) is 0 Å². The van der Waals surface area contributed by atoms with Crippen LogP contribution in [0.3, 0.4) is 0 Å². The monoisotopic (exact) mass is 738 g/mol. The van der Waals surface area contributed by atoms with E-state index in [-0.39, 0.29) is 48.4 Å². The number of ether oxygens (including phenoxy) is 1. The van der Waals surface area contributed by atoms with Gasteiger partial charge in [-0.15, -0.1) is 12.3 Å². The molecule has 12 nitrogen and oxygen atoms in total. The van der Waals surface area contributed by atoms with E-state index in [0.29, 0.717) is 19.4 Å². The number of alkyl carbamates (subject to hydrolysis) is 1. The molecule has 3 rings (SSSR count). The van der Waals surface area contributed by atoms with E-state index >= 15 is 0 Å². The third-order valence-corrected chi connectivity index (χ3v) is 10.7. The third kappa shape index (κ3) is 11.0. The van der Waals surface area contributed by atoms with Gasteiger partial charge in [0, 0.05) is 26.1 Å². The summed E-state index contributed by atoms with van der Waals surface area (Å²) in [6, 6.07) is -4.67. The summed E-state index contributed by atoms with van der Waals surface area (Å²) in [5.74, 6) is -2.45. The molecule has 3 unspecified atom stereocenters. The molecule has 6 amide bonds. The first kappa shape index (κ1) is 42.4. The quantitative estimate of drug-likeness (QED) is 0.0930. The van der Waals surface area contributed by atoms with Crippen LogP contribution in [0, 0.1) is 28.6 Å². The molecule has 3 fully saturated rings. The van der Waals surface area contributed by atoms with Crippen LogP contribution in [0.5, 0.6) is 0 Å². The second kappa shape index (κ2) is 17.7. The first-order valence-electron chi connectivity index (χ1n) is 18.2. The number of amides is 6. The number of hydrogen-bond acceptors (Lipinski definition) is 6. The van der Waals surface area contributed by atoms with Crippen LogP contribution < -0.4 is 26.6 Å². The molecular weight excluding hydrogens is 681 g/mol. The van der Waals surface area contributed by atoms with Crippen molar-refractivity contribution in [1.82, 2.24) is 31.5 Å². The zero-order valence-electron chi connectivity index (χ0n) is 31.3. The molecular formula is C37H57F3N6O6. The maximum atomic E-state index is 14.6. The second-order valence-electron chi connectivity index (χ2n) is 15.7. The number of piperidine rings is 1. The lowest BCUT2D eigenvalue weighted by Gasteiger charge is -2.38. The molecule has 0 aromatic heterocycles. The van der Waals surface area contributed by atoms with Crippen molar-refractivity contribution in [3.8, 4) is 0 Å². The first-order valence-corrected chi connectivity index (χ1v) is 18.2. The summed E-state index contributed by atoms with van der Waals surface area (Å²) in [6.07, 6.45) is -1.66. The summed E-state index contributed by atoms with van der Waals surface area (Å²) in [6.45, 7) is 18.9. The molecule has 0 aromatic carbocycles. The third-order valence-electron chi connectivity index (χ3n) is 10.7. The lowest BCUT2D eigenvalue weighted by molar-refractivity contribution is -0.144. The van der Waals surface area contributed by atoms with E-state index in [1.54, 1.807) is 6.92 Å².